The van der Waals surface area contributed by atoms with Crippen molar-refractivity contribution in [2.24, 2.45) is 0 Å². The minimum atomic E-state index is -0.354. The molecular weight excluding hydrogens is 368 g/mol. The molecule has 0 saturated heterocycles. The predicted octanol–water partition coefficient (Wildman–Crippen LogP) is 4.40. The SMILES string of the molecule is Cc1ccc(N2C(=O)C(c3ccccc3)=C(C(=O)c3ccccn3)C2=S)cc1. The van der Waals surface area contributed by atoms with Gasteiger partial charge in [-0.1, -0.05) is 66.3 Å². The van der Waals surface area contributed by atoms with E-state index in [1.54, 1.807) is 36.5 Å². The number of Topliss-reactive ketones (excluding diaryl/α,β-unsaturated/α-hetero) is 1. The Hall–Kier alpha value is -3.44. The summed E-state index contributed by atoms with van der Waals surface area (Å²) in [6, 6.07) is 21.7. The van der Waals surface area contributed by atoms with E-state index in [1.807, 2.05) is 49.4 Å². The van der Waals surface area contributed by atoms with Gasteiger partial charge in [0.15, 0.2) is 0 Å². The zero-order chi connectivity index (χ0) is 19.7. The quantitative estimate of drug-likeness (QED) is 0.494. The summed E-state index contributed by atoms with van der Waals surface area (Å²) >= 11 is 5.61. The highest BCUT2D eigenvalue weighted by Gasteiger charge is 2.40. The van der Waals surface area contributed by atoms with Crippen LogP contribution < -0.4 is 4.90 Å². The molecule has 1 amide bonds. The Morgan fingerprint density at radius 3 is 2.25 bits per heavy atom. The lowest BCUT2D eigenvalue weighted by atomic mass is 9.98. The van der Waals surface area contributed by atoms with E-state index < -0.39 is 0 Å². The molecule has 28 heavy (non-hydrogen) atoms. The van der Waals surface area contributed by atoms with Gasteiger partial charge in [0.05, 0.1) is 16.8 Å². The van der Waals surface area contributed by atoms with Crippen LogP contribution in [0.3, 0.4) is 0 Å². The number of benzene rings is 2. The molecule has 0 N–H and O–H groups in total. The van der Waals surface area contributed by atoms with E-state index in [0.29, 0.717) is 16.8 Å². The Bertz CT molecular complexity index is 1100. The van der Waals surface area contributed by atoms with Gasteiger partial charge in [-0.05, 0) is 36.8 Å². The van der Waals surface area contributed by atoms with E-state index in [2.05, 4.69) is 4.98 Å². The van der Waals surface area contributed by atoms with Crippen LogP contribution in [0.1, 0.15) is 21.6 Å². The van der Waals surface area contributed by atoms with Crippen LogP contribution in [-0.4, -0.2) is 21.7 Å². The third-order valence-electron chi connectivity index (χ3n) is 4.56. The molecule has 1 aliphatic heterocycles. The number of ketones is 1. The number of nitrogens with zero attached hydrogens (tertiary/aromatic N) is 2. The average Bonchev–Trinajstić information content (AvgIpc) is 2.99. The zero-order valence-corrected chi connectivity index (χ0v) is 15.9. The van der Waals surface area contributed by atoms with Crippen LogP contribution in [0.15, 0.2) is 84.6 Å². The Morgan fingerprint density at radius 1 is 0.929 bits per heavy atom. The molecule has 4 rings (SSSR count). The van der Waals surface area contributed by atoms with Crippen molar-refractivity contribution in [1.29, 1.82) is 0 Å². The number of carbonyl (C=O) groups excluding carboxylic acids is 2. The fourth-order valence-electron chi connectivity index (χ4n) is 3.17. The Kier molecular flexibility index (Phi) is 4.67. The molecule has 0 bridgehead atoms. The summed E-state index contributed by atoms with van der Waals surface area (Å²) in [7, 11) is 0. The fraction of sp³-hybridized carbons (Fsp3) is 0.0435. The van der Waals surface area contributed by atoms with Crippen molar-refractivity contribution >= 4 is 40.2 Å². The number of hydrogen-bond acceptors (Lipinski definition) is 4. The maximum atomic E-state index is 13.4. The van der Waals surface area contributed by atoms with Gasteiger partial charge in [0.1, 0.15) is 10.7 Å². The lowest BCUT2D eigenvalue weighted by molar-refractivity contribution is -0.112. The number of pyridine rings is 1. The van der Waals surface area contributed by atoms with E-state index in [0.717, 1.165) is 5.56 Å². The molecule has 2 aromatic carbocycles. The lowest BCUT2D eigenvalue weighted by Gasteiger charge is -2.17. The molecule has 1 aromatic heterocycles. The first-order valence-electron chi connectivity index (χ1n) is 8.79. The van der Waals surface area contributed by atoms with Crippen molar-refractivity contribution in [3.8, 4) is 0 Å². The summed E-state index contributed by atoms with van der Waals surface area (Å²) in [5, 5.41) is 0. The average molecular weight is 384 g/mol. The molecule has 0 radical (unpaired) electrons. The molecule has 0 atom stereocenters. The van der Waals surface area contributed by atoms with Crippen LogP contribution in [-0.2, 0) is 4.79 Å². The minimum absolute atomic E-state index is 0.198. The van der Waals surface area contributed by atoms with Crippen molar-refractivity contribution in [2.45, 2.75) is 6.92 Å². The van der Waals surface area contributed by atoms with Gasteiger partial charge in [0.25, 0.3) is 5.91 Å². The van der Waals surface area contributed by atoms with Gasteiger partial charge in [-0.2, -0.15) is 0 Å². The Labute approximate surface area is 168 Å². The van der Waals surface area contributed by atoms with Gasteiger partial charge in [-0.15, -0.1) is 0 Å². The second kappa shape index (κ2) is 7.29. The summed E-state index contributed by atoms with van der Waals surface area (Å²) in [4.78, 5) is 32.4. The molecule has 0 saturated carbocycles. The first-order valence-corrected chi connectivity index (χ1v) is 9.19. The number of aromatic nitrogens is 1. The van der Waals surface area contributed by atoms with Crippen molar-refractivity contribution < 1.29 is 9.59 Å². The molecule has 0 unspecified atom stereocenters. The normalized spacial score (nSPS) is 14.0. The molecule has 0 fully saturated rings. The smallest absolute Gasteiger partial charge is 0.264 e. The van der Waals surface area contributed by atoms with Gasteiger partial charge in [-0.25, -0.2) is 0 Å². The number of thiocarbonyl (C=S) groups is 1. The van der Waals surface area contributed by atoms with Crippen molar-refractivity contribution in [3.63, 3.8) is 0 Å². The number of amides is 1. The van der Waals surface area contributed by atoms with Gasteiger partial charge < -0.3 is 0 Å². The molecular formula is C23H16N2O2S. The third kappa shape index (κ3) is 3.06. The maximum absolute atomic E-state index is 13.4. The molecule has 3 aromatic rings. The van der Waals surface area contributed by atoms with E-state index >= 15 is 0 Å². The third-order valence-corrected chi connectivity index (χ3v) is 4.95. The Balaban J connectivity index is 1.88. The maximum Gasteiger partial charge on any atom is 0.264 e. The largest absolute Gasteiger partial charge is 0.287 e. The van der Waals surface area contributed by atoms with Crippen LogP contribution in [0.25, 0.3) is 5.57 Å². The summed E-state index contributed by atoms with van der Waals surface area (Å²) < 4.78 is 0. The number of carbonyl (C=O) groups is 2. The highest BCUT2D eigenvalue weighted by Crippen LogP contribution is 2.35. The second-order valence-electron chi connectivity index (χ2n) is 6.44. The van der Waals surface area contributed by atoms with Crippen LogP contribution in [0.2, 0.25) is 0 Å². The van der Waals surface area contributed by atoms with E-state index in [9.17, 15) is 9.59 Å². The van der Waals surface area contributed by atoms with Crippen LogP contribution in [0, 0.1) is 6.92 Å². The molecule has 1 aliphatic rings. The van der Waals surface area contributed by atoms with E-state index in [1.165, 1.54) is 4.90 Å². The highest BCUT2D eigenvalue weighted by atomic mass is 32.1. The van der Waals surface area contributed by atoms with Crippen molar-refractivity contribution in [2.75, 3.05) is 4.90 Å². The van der Waals surface area contributed by atoms with E-state index in [-0.39, 0.29) is 27.9 Å². The summed E-state index contributed by atoms with van der Waals surface area (Å²) in [5.41, 5.74) is 3.14. The van der Waals surface area contributed by atoms with Crippen molar-refractivity contribution in [1.82, 2.24) is 4.98 Å². The molecule has 136 valence electrons. The molecule has 5 heteroatoms. The molecule has 2 heterocycles. The monoisotopic (exact) mass is 384 g/mol. The summed E-state index contributed by atoms with van der Waals surface area (Å²) in [6.45, 7) is 1.97. The number of aryl methyl sites for hydroxylation is 1. The Morgan fingerprint density at radius 2 is 1.61 bits per heavy atom. The lowest BCUT2D eigenvalue weighted by Crippen LogP contribution is -2.31. The topological polar surface area (TPSA) is 50.3 Å². The van der Waals surface area contributed by atoms with Crippen molar-refractivity contribution in [3.05, 3.63) is 101 Å². The first-order chi connectivity index (χ1) is 13.6. The molecule has 4 nitrogen and oxygen atoms in total. The van der Waals surface area contributed by atoms with Gasteiger partial charge in [0.2, 0.25) is 5.78 Å². The molecule has 0 spiro atoms. The van der Waals surface area contributed by atoms with Gasteiger partial charge >= 0.3 is 0 Å². The van der Waals surface area contributed by atoms with Crippen LogP contribution >= 0.6 is 12.2 Å². The fourth-order valence-corrected chi connectivity index (χ4v) is 3.55. The van der Waals surface area contributed by atoms with Gasteiger partial charge in [-0.3, -0.25) is 19.5 Å². The first kappa shape index (κ1) is 17.9. The molecule has 0 aliphatic carbocycles. The van der Waals surface area contributed by atoms with E-state index in [4.69, 9.17) is 12.2 Å². The summed E-state index contributed by atoms with van der Waals surface area (Å²) in [5.74, 6) is -0.660. The number of anilines is 1. The standard InChI is InChI=1S/C23H16N2O2S/c1-15-10-12-17(13-11-15)25-22(27)19(16-7-3-2-4-8-16)20(23(25)28)21(26)18-9-5-6-14-24-18/h2-14H,1H3. The van der Waals surface area contributed by atoms with Gasteiger partial charge in [0, 0.05) is 6.20 Å². The van der Waals surface area contributed by atoms with Crippen LogP contribution in [0.4, 0.5) is 5.69 Å². The minimum Gasteiger partial charge on any atom is -0.287 e. The zero-order valence-electron chi connectivity index (χ0n) is 15.1. The summed E-state index contributed by atoms with van der Waals surface area (Å²) in [6.07, 6.45) is 1.55. The number of hydrogen-bond donors (Lipinski definition) is 0. The highest BCUT2D eigenvalue weighted by molar-refractivity contribution is 7.81. The van der Waals surface area contributed by atoms with Crippen LogP contribution in [0.5, 0.6) is 0 Å². The number of rotatable bonds is 4. The second-order valence-corrected chi connectivity index (χ2v) is 6.83. The predicted molar refractivity (Wildman–Crippen MR) is 113 cm³/mol.